The van der Waals surface area contributed by atoms with Crippen LogP contribution >= 0.6 is 0 Å². The van der Waals surface area contributed by atoms with E-state index in [-0.39, 0.29) is 8.80 Å². The fraction of sp³-hybridized carbons (Fsp3) is 0.636. The van der Waals surface area contributed by atoms with Crippen LogP contribution in [0.4, 0.5) is 0 Å². The average molecular weight is 177 g/mol. The standard InChI is InChI=1S/C11H17Si/c1-12(2)11-8-7-9-5-3-4-6-10(9)11/h3-4,6,9,11H,5,7-8H2,1-2H3. The molecule has 0 nitrogen and oxygen atoms in total. The van der Waals surface area contributed by atoms with Gasteiger partial charge in [-0.25, -0.2) is 0 Å². The Hall–Kier alpha value is -0.303. The van der Waals surface area contributed by atoms with Crippen molar-refractivity contribution in [1.82, 2.24) is 0 Å². The fourth-order valence-electron chi connectivity index (χ4n) is 2.54. The van der Waals surface area contributed by atoms with E-state index in [1.54, 1.807) is 5.57 Å². The van der Waals surface area contributed by atoms with Crippen LogP contribution < -0.4 is 0 Å². The van der Waals surface area contributed by atoms with Crippen molar-refractivity contribution < 1.29 is 0 Å². The molecule has 1 heteroatoms. The largest absolute Gasteiger partial charge is 0.0839 e. The van der Waals surface area contributed by atoms with Gasteiger partial charge >= 0.3 is 0 Å². The van der Waals surface area contributed by atoms with E-state index in [0.29, 0.717) is 0 Å². The van der Waals surface area contributed by atoms with Crippen LogP contribution in [0.1, 0.15) is 19.3 Å². The highest BCUT2D eigenvalue weighted by Crippen LogP contribution is 2.45. The fourth-order valence-corrected chi connectivity index (χ4v) is 4.28. The van der Waals surface area contributed by atoms with Gasteiger partial charge in [0.25, 0.3) is 0 Å². The molecule has 2 aliphatic rings. The highest BCUT2D eigenvalue weighted by atomic mass is 28.3. The molecule has 0 aromatic rings. The summed E-state index contributed by atoms with van der Waals surface area (Å²) in [4.78, 5) is 0. The normalized spacial score (nSPS) is 33.8. The number of allylic oxidation sites excluding steroid dienone is 4. The Morgan fingerprint density at radius 1 is 1.33 bits per heavy atom. The predicted molar refractivity (Wildman–Crippen MR) is 55.8 cm³/mol. The molecule has 0 bridgehead atoms. The van der Waals surface area contributed by atoms with Gasteiger partial charge in [0.2, 0.25) is 0 Å². The molecular formula is C11H17Si. The molecule has 0 N–H and O–H groups in total. The van der Waals surface area contributed by atoms with Crippen molar-refractivity contribution in [3.8, 4) is 0 Å². The van der Waals surface area contributed by atoms with E-state index >= 15 is 0 Å². The van der Waals surface area contributed by atoms with Gasteiger partial charge in [0.1, 0.15) is 0 Å². The summed E-state index contributed by atoms with van der Waals surface area (Å²) in [6.45, 7) is 4.91. The molecule has 1 saturated carbocycles. The van der Waals surface area contributed by atoms with Crippen molar-refractivity contribution in [1.29, 1.82) is 0 Å². The summed E-state index contributed by atoms with van der Waals surface area (Å²) in [6.07, 6.45) is 11.2. The first-order chi connectivity index (χ1) is 5.79. The van der Waals surface area contributed by atoms with Gasteiger partial charge in [-0.3, -0.25) is 0 Å². The lowest BCUT2D eigenvalue weighted by molar-refractivity contribution is 0.633. The van der Waals surface area contributed by atoms with Gasteiger partial charge in [-0.2, -0.15) is 0 Å². The Labute approximate surface area is 77.0 Å². The molecule has 2 unspecified atom stereocenters. The summed E-state index contributed by atoms with van der Waals surface area (Å²) < 4.78 is 0. The molecule has 65 valence electrons. The number of hydrogen-bond acceptors (Lipinski definition) is 0. The van der Waals surface area contributed by atoms with Crippen LogP contribution in [0.15, 0.2) is 23.8 Å². The van der Waals surface area contributed by atoms with Crippen LogP contribution in [0, 0.1) is 5.92 Å². The number of fused-ring (bicyclic) bond motifs is 1. The Kier molecular flexibility index (Phi) is 2.22. The van der Waals surface area contributed by atoms with E-state index in [2.05, 4.69) is 31.3 Å². The van der Waals surface area contributed by atoms with Gasteiger partial charge in [-0.15, -0.1) is 0 Å². The van der Waals surface area contributed by atoms with Crippen LogP contribution in [0.3, 0.4) is 0 Å². The third kappa shape index (κ3) is 1.31. The van der Waals surface area contributed by atoms with Crippen molar-refractivity contribution >= 4 is 8.80 Å². The molecule has 0 heterocycles. The van der Waals surface area contributed by atoms with Crippen LogP contribution in [0.25, 0.3) is 0 Å². The third-order valence-electron chi connectivity index (χ3n) is 3.22. The van der Waals surface area contributed by atoms with Crippen LogP contribution in [0.2, 0.25) is 18.6 Å². The summed E-state index contributed by atoms with van der Waals surface area (Å²) in [7, 11) is -0.0833. The number of hydrogen-bond donors (Lipinski definition) is 0. The smallest absolute Gasteiger partial charge is 0.0493 e. The van der Waals surface area contributed by atoms with E-state index in [0.717, 1.165) is 11.5 Å². The van der Waals surface area contributed by atoms with Crippen LogP contribution in [0.5, 0.6) is 0 Å². The maximum absolute atomic E-state index is 2.46. The molecule has 0 aliphatic heterocycles. The molecule has 0 aromatic heterocycles. The molecule has 2 atom stereocenters. The van der Waals surface area contributed by atoms with Gasteiger partial charge in [0.15, 0.2) is 0 Å². The second-order valence-corrected chi connectivity index (χ2v) is 7.09. The first-order valence-corrected chi connectivity index (χ1v) is 7.53. The zero-order valence-corrected chi connectivity index (χ0v) is 9.01. The van der Waals surface area contributed by atoms with E-state index in [9.17, 15) is 0 Å². The van der Waals surface area contributed by atoms with Crippen molar-refractivity contribution in [2.75, 3.05) is 0 Å². The van der Waals surface area contributed by atoms with Crippen molar-refractivity contribution in [2.24, 2.45) is 5.92 Å². The first kappa shape index (κ1) is 8.30. The second kappa shape index (κ2) is 3.21. The SMILES string of the molecule is C[Si](C)C1CCC2CC=CC=C21. The predicted octanol–water partition coefficient (Wildman–Crippen LogP) is 3.41. The highest BCUT2D eigenvalue weighted by molar-refractivity contribution is 6.58. The Morgan fingerprint density at radius 3 is 2.92 bits per heavy atom. The lowest BCUT2D eigenvalue weighted by atomic mass is 9.95. The Balaban J connectivity index is 2.19. The molecule has 0 aromatic carbocycles. The minimum atomic E-state index is -0.0833. The van der Waals surface area contributed by atoms with Crippen molar-refractivity contribution in [3.63, 3.8) is 0 Å². The van der Waals surface area contributed by atoms with Gasteiger partial charge in [-0.1, -0.05) is 36.9 Å². The molecule has 2 rings (SSSR count). The maximum atomic E-state index is 2.46. The zero-order chi connectivity index (χ0) is 8.55. The van der Waals surface area contributed by atoms with E-state index in [1.807, 2.05) is 0 Å². The lowest BCUT2D eigenvalue weighted by Gasteiger charge is -2.19. The molecule has 0 saturated heterocycles. The van der Waals surface area contributed by atoms with Crippen LogP contribution in [-0.2, 0) is 0 Å². The molecule has 2 aliphatic carbocycles. The summed E-state index contributed by atoms with van der Waals surface area (Å²) in [6, 6.07) is 0. The van der Waals surface area contributed by atoms with E-state index in [4.69, 9.17) is 0 Å². The highest BCUT2D eigenvalue weighted by Gasteiger charge is 2.32. The molecule has 0 amide bonds. The second-order valence-electron chi connectivity index (χ2n) is 4.23. The zero-order valence-electron chi connectivity index (χ0n) is 8.01. The van der Waals surface area contributed by atoms with Gasteiger partial charge < -0.3 is 0 Å². The lowest BCUT2D eigenvalue weighted by Crippen LogP contribution is -2.12. The summed E-state index contributed by atoms with van der Waals surface area (Å²) in [5, 5.41) is 0. The summed E-state index contributed by atoms with van der Waals surface area (Å²) in [5.74, 6) is 0.930. The molecule has 1 fully saturated rings. The molecular weight excluding hydrogens is 160 g/mol. The molecule has 12 heavy (non-hydrogen) atoms. The summed E-state index contributed by atoms with van der Waals surface area (Å²) >= 11 is 0. The quantitative estimate of drug-likeness (QED) is 0.538. The topological polar surface area (TPSA) is 0 Å². The van der Waals surface area contributed by atoms with Crippen LogP contribution in [-0.4, -0.2) is 8.80 Å². The van der Waals surface area contributed by atoms with Gasteiger partial charge in [0, 0.05) is 8.80 Å². The first-order valence-electron chi connectivity index (χ1n) is 4.95. The van der Waals surface area contributed by atoms with Gasteiger partial charge in [-0.05, 0) is 30.7 Å². The minimum absolute atomic E-state index is 0.0833. The third-order valence-corrected chi connectivity index (χ3v) is 5.24. The Bertz CT molecular complexity index is 225. The summed E-state index contributed by atoms with van der Waals surface area (Å²) in [5.41, 5.74) is 2.78. The van der Waals surface area contributed by atoms with Gasteiger partial charge in [0.05, 0.1) is 0 Å². The Morgan fingerprint density at radius 2 is 2.17 bits per heavy atom. The monoisotopic (exact) mass is 177 g/mol. The van der Waals surface area contributed by atoms with E-state index < -0.39 is 0 Å². The molecule has 0 spiro atoms. The maximum Gasteiger partial charge on any atom is 0.0493 e. The molecule has 1 radical (unpaired) electrons. The van der Waals surface area contributed by atoms with Crippen molar-refractivity contribution in [2.45, 2.75) is 37.9 Å². The minimum Gasteiger partial charge on any atom is -0.0839 e. The van der Waals surface area contributed by atoms with E-state index in [1.165, 1.54) is 19.3 Å². The number of rotatable bonds is 1. The average Bonchev–Trinajstić information content (AvgIpc) is 2.47. The van der Waals surface area contributed by atoms with Crippen molar-refractivity contribution in [3.05, 3.63) is 23.8 Å².